The van der Waals surface area contributed by atoms with Gasteiger partial charge < -0.3 is 10.1 Å². The third-order valence-electron chi connectivity index (χ3n) is 5.08. The van der Waals surface area contributed by atoms with Crippen molar-refractivity contribution in [3.05, 3.63) is 82.7 Å². The van der Waals surface area contributed by atoms with Gasteiger partial charge in [-0.15, -0.1) is 0 Å². The van der Waals surface area contributed by atoms with Crippen molar-refractivity contribution < 1.29 is 27.5 Å². The molecule has 2 aromatic rings. The van der Waals surface area contributed by atoms with Crippen molar-refractivity contribution in [3.8, 4) is 0 Å². The van der Waals surface area contributed by atoms with E-state index in [1.165, 1.54) is 44.4 Å². The molecular weight excluding hydrogens is 383 g/mol. The number of benzene rings is 2. The lowest BCUT2D eigenvalue weighted by Crippen LogP contribution is -2.34. The van der Waals surface area contributed by atoms with Crippen molar-refractivity contribution in [3.63, 3.8) is 0 Å². The zero-order valence-electron chi connectivity index (χ0n) is 15.9. The number of hydrogen-bond donors (Lipinski definition) is 1. The van der Waals surface area contributed by atoms with Gasteiger partial charge in [0.1, 0.15) is 5.82 Å². The number of carbonyl (C=O) groups excluding carboxylic acids is 2. The van der Waals surface area contributed by atoms with Crippen LogP contribution in [0.15, 0.2) is 48.6 Å². The second kappa shape index (κ2) is 8.51. The molecule has 0 saturated carbocycles. The Hall–Kier alpha value is -3.09. The summed E-state index contributed by atoms with van der Waals surface area (Å²) in [6, 6.07) is 7.95. The van der Waals surface area contributed by atoms with E-state index in [2.05, 4.69) is 5.32 Å². The van der Waals surface area contributed by atoms with Gasteiger partial charge in [0, 0.05) is 11.6 Å². The third-order valence-corrected chi connectivity index (χ3v) is 5.08. The van der Waals surface area contributed by atoms with Crippen LogP contribution in [0.1, 0.15) is 33.8 Å². The highest BCUT2D eigenvalue weighted by molar-refractivity contribution is 5.95. The highest BCUT2D eigenvalue weighted by Crippen LogP contribution is 2.35. The second-order valence-electron chi connectivity index (χ2n) is 6.94. The zero-order valence-corrected chi connectivity index (χ0v) is 15.9. The van der Waals surface area contributed by atoms with Crippen LogP contribution >= 0.6 is 0 Å². The van der Waals surface area contributed by atoms with Crippen LogP contribution in [0.5, 0.6) is 0 Å². The summed E-state index contributed by atoms with van der Waals surface area (Å²) in [5.41, 5.74) is -0.0955. The van der Waals surface area contributed by atoms with E-state index in [4.69, 9.17) is 4.74 Å². The minimum Gasteiger partial charge on any atom is -0.469 e. The molecule has 3 atom stereocenters. The predicted molar refractivity (Wildman–Crippen MR) is 101 cm³/mol. The number of ether oxygens (including phenoxy) is 1. The molecule has 29 heavy (non-hydrogen) atoms. The molecule has 0 bridgehead atoms. The Morgan fingerprint density at radius 3 is 2.48 bits per heavy atom. The number of halogens is 3. The molecule has 0 aromatic heterocycles. The third kappa shape index (κ3) is 4.18. The molecule has 4 nitrogen and oxygen atoms in total. The maximum Gasteiger partial charge on any atom is 0.313 e. The van der Waals surface area contributed by atoms with E-state index >= 15 is 0 Å². The number of allylic oxidation sites excluding steroid dienone is 1. The van der Waals surface area contributed by atoms with Crippen LogP contribution in [0.3, 0.4) is 0 Å². The van der Waals surface area contributed by atoms with E-state index < -0.39 is 52.8 Å². The first-order valence-corrected chi connectivity index (χ1v) is 9.09. The average molecular weight is 403 g/mol. The molecule has 0 aliphatic heterocycles. The largest absolute Gasteiger partial charge is 0.469 e. The lowest BCUT2D eigenvalue weighted by atomic mass is 9.85. The van der Waals surface area contributed by atoms with Gasteiger partial charge in [0.25, 0.3) is 5.91 Å². The summed E-state index contributed by atoms with van der Waals surface area (Å²) in [5.74, 6) is -5.47. The predicted octanol–water partition coefficient (Wildman–Crippen LogP) is 4.04. The quantitative estimate of drug-likeness (QED) is 0.606. The number of aryl methyl sites for hydroxylation is 1. The number of esters is 1. The Kier molecular flexibility index (Phi) is 6.06. The standard InChI is InChI=1S/C22H20F3NO3/c1-12-7-10-16(20(25)19(12)24)21(27)26-14-9-8-13(11-14)18(22(28)29-2)15-5-3-4-6-17(15)23/h3-10,13-14,18H,11H2,1-2H3,(H,26,27)/t13-,14-,18-/m0/s1. The topological polar surface area (TPSA) is 55.4 Å². The molecule has 1 aliphatic carbocycles. The molecule has 1 N–H and O–H groups in total. The minimum atomic E-state index is -1.21. The van der Waals surface area contributed by atoms with Crippen LogP contribution in [-0.4, -0.2) is 25.0 Å². The smallest absolute Gasteiger partial charge is 0.313 e. The van der Waals surface area contributed by atoms with Gasteiger partial charge in [0.05, 0.1) is 18.6 Å². The van der Waals surface area contributed by atoms with Crippen LogP contribution in [0.4, 0.5) is 13.2 Å². The van der Waals surface area contributed by atoms with Crippen LogP contribution < -0.4 is 5.32 Å². The van der Waals surface area contributed by atoms with E-state index in [1.54, 1.807) is 18.2 Å². The summed E-state index contributed by atoms with van der Waals surface area (Å²) in [6.07, 6.45) is 3.64. The van der Waals surface area contributed by atoms with Crippen LogP contribution in [0, 0.1) is 30.3 Å². The van der Waals surface area contributed by atoms with Crippen molar-refractivity contribution in [2.45, 2.75) is 25.3 Å². The molecule has 152 valence electrons. The lowest BCUT2D eigenvalue weighted by molar-refractivity contribution is -0.143. The summed E-state index contributed by atoms with van der Waals surface area (Å²) in [5, 5.41) is 2.61. The van der Waals surface area contributed by atoms with Crippen LogP contribution in [-0.2, 0) is 9.53 Å². The number of carbonyl (C=O) groups is 2. The first-order chi connectivity index (χ1) is 13.8. The molecule has 1 amide bonds. The van der Waals surface area contributed by atoms with Gasteiger partial charge >= 0.3 is 5.97 Å². The van der Waals surface area contributed by atoms with Gasteiger partial charge in [0.2, 0.25) is 0 Å². The Labute approximate surface area is 166 Å². The first kappa shape index (κ1) is 20.6. The fourth-order valence-electron chi connectivity index (χ4n) is 3.54. The van der Waals surface area contributed by atoms with Crippen molar-refractivity contribution in [2.24, 2.45) is 5.92 Å². The van der Waals surface area contributed by atoms with Crippen molar-refractivity contribution in [1.82, 2.24) is 5.32 Å². The summed E-state index contributed by atoms with van der Waals surface area (Å²) < 4.78 is 46.9. The summed E-state index contributed by atoms with van der Waals surface area (Å²) in [7, 11) is 1.23. The molecule has 7 heteroatoms. The second-order valence-corrected chi connectivity index (χ2v) is 6.94. The van der Waals surface area contributed by atoms with Crippen molar-refractivity contribution >= 4 is 11.9 Å². The molecule has 1 aliphatic rings. The maximum atomic E-state index is 14.3. The number of amides is 1. The molecule has 0 unspecified atom stereocenters. The van der Waals surface area contributed by atoms with E-state index in [0.29, 0.717) is 0 Å². The summed E-state index contributed by atoms with van der Waals surface area (Å²) >= 11 is 0. The van der Waals surface area contributed by atoms with E-state index in [1.807, 2.05) is 0 Å². The summed E-state index contributed by atoms with van der Waals surface area (Å²) in [6.45, 7) is 1.40. The number of methoxy groups -OCH3 is 1. The van der Waals surface area contributed by atoms with Crippen molar-refractivity contribution in [2.75, 3.05) is 7.11 Å². The fourth-order valence-corrected chi connectivity index (χ4v) is 3.54. The molecule has 0 spiro atoms. The molecule has 0 saturated heterocycles. The van der Waals surface area contributed by atoms with E-state index in [0.717, 1.165) is 0 Å². The Bertz CT molecular complexity index is 974. The monoisotopic (exact) mass is 403 g/mol. The van der Waals surface area contributed by atoms with Gasteiger partial charge in [-0.25, -0.2) is 13.2 Å². The van der Waals surface area contributed by atoms with Gasteiger partial charge in [-0.05, 0) is 37.0 Å². The summed E-state index contributed by atoms with van der Waals surface area (Å²) in [4.78, 5) is 24.7. The SMILES string of the molecule is COC(=O)[C@H](c1ccccc1F)[C@H]1C=C[C@H](NC(=O)c2ccc(C)c(F)c2F)C1. The first-order valence-electron chi connectivity index (χ1n) is 9.09. The van der Waals surface area contributed by atoms with Gasteiger partial charge in [-0.2, -0.15) is 0 Å². The Balaban J connectivity index is 1.76. The Morgan fingerprint density at radius 1 is 1.07 bits per heavy atom. The van der Waals surface area contributed by atoms with Gasteiger partial charge in [0.15, 0.2) is 11.6 Å². The van der Waals surface area contributed by atoms with Crippen molar-refractivity contribution in [1.29, 1.82) is 0 Å². The molecule has 2 aromatic carbocycles. The van der Waals surface area contributed by atoms with E-state index in [9.17, 15) is 22.8 Å². The molecule has 0 heterocycles. The zero-order chi connectivity index (χ0) is 21.1. The Morgan fingerprint density at radius 2 is 1.79 bits per heavy atom. The van der Waals surface area contributed by atoms with Crippen LogP contribution in [0.2, 0.25) is 0 Å². The average Bonchev–Trinajstić information content (AvgIpc) is 3.15. The van der Waals surface area contributed by atoms with Gasteiger partial charge in [-0.3, -0.25) is 9.59 Å². The van der Waals surface area contributed by atoms with Crippen LogP contribution in [0.25, 0.3) is 0 Å². The molecule has 0 fully saturated rings. The minimum absolute atomic E-state index is 0.102. The van der Waals surface area contributed by atoms with Gasteiger partial charge in [-0.1, -0.05) is 36.4 Å². The fraction of sp³-hybridized carbons (Fsp3) is 0.273. The molecule has 3 rings (SSSR count). The highest BCUT2D eigenvalue weighted by Gasteiger charge is 2.35. The maximum absolute atomic E-state index is 14.3. The number of hydrogen-bond acceptors (Lipinski definition) is 3. The normalized spacial score (nSPS) is 19.1. The number of nitrogens with one attached hydrogen (secondary N) is 1. The number of rotatable bonds is 5. The molecular formula is C22H20F3NO3. The van der Waals surface area contributed by atoms with E-state index in [-0.39, 0.29) is 17.5 Å². The highest BCUT2D eigenvalue weighted by atomic mass is 19.2. The molecule has 0 radical (unpaired) electrons. The lowest BCUT2D eigenvalue weighted by Gasteiger charge is -2.22.